The standard InChI is InChI=1S/C19H20ClNO4S2/c1-3-4-9-24-16(22)11-25-15-8-7-14(20)10-13(15)6-5-12(2)17-18(23)21-19(26)27-17/h5-8,10H,3-4,9,11H2,1-2H3,(H,21,23,26). The molecule has 5 nitrogen and oxygen atoms in total. The molecule has 0 aromatic heterocycles. The van der Waals surface area contributed by atoms with Gasteiger partial charge in [-0.05, 0) is 37.1 Å². The van der Waals surface area contributed by atoms with E-state index >= 15 is 0 Å². The molecule has 2 rings (SSSR count). The molecule has 0 atom stereocenters. The summed E-state index contributed by atoms with van der Waals surface area (Å²) in [6.07, 6.45) is 5.34. The molecule has 1 aliphatic rings. The number of carbonyl (C=O) groups excluding carboxylic acids is 2. The fraction of sp³-hybridized carbons (Fsp3) is 0.316. The Hall–Kier alpha value is -1.83. The first kappa shape index (κ1) is 21.5. The fourth-order valence-corrected chi connectivity index (χ4v) is 3.38. The van der Waals surface area contributed by atoms with Crippen LogP contribution in [0.25, 0.3) is 6.08 Å². The highest BCUT2D eigenvalue weighted by Gasteiger charge is 2.23. The Morgan fingerprint density at radius 3 is 2.85 bits per heavy atom. The van der Waals surface area contributed by atoms with Crippen molar-refractivity contribution < 1.29 is 19.1 Å². The minimum absolute atomic E-state index is 0.182. The summed E-state index contributed by atoms with van der Waals surface area (Å²) in [6, 6.07) is 5.09. The number of rotatable bonds is 8. The molecule has 0 radical (unpaired) electrons. The van der Waals surface area contributed by atoms with Crippen molar-refractivity contribution in [1.29, 1.82) is 0 Å². The largest absolute Gasteiger partial charge is 0.481 e. The number of ether oxygens (including phenoxy) is 2. The number of allylic oxidation sites excluding steroid dienone is 2. The normalized spacial score (nSPS) is 15.8. The molecule has 8 heteroatoms. The SMILES string of the molecule is CCCCOC(=O)COc1ccc(Cl)cc1C=CC(C)=C1SC(=S)NC1=O. The fourth-order valence-electron chi connectivity index (χ4n) is 2.15. The van der Waals surface area contributed by atoms with Crippen LogP contribution in [-0.4, -0.2) is 29.4 Å². The maximum atomic E-state index is 11.8. The first-order chi connectivity index (χ1) is 12.9. The van der Waals surface area contributed by atoms with Gasteiger partial charge in [-0.3, -0.25) is 4.79 Å². The van der Waals surface area contributed by atoms with E-state index in [1.807, 2.05) is 13.8 Å². The average Bonchev–Trinajstić information content (AvgIpc) is 2.97. The molecule has 144 valence electrons. The van der Waals surface area contributed by atoms with Crippen molar-refractivity contribution in [2.24, 2.45) is 0 Å². The summed E-state index contributed by atoms with van der Waals surface area (Å²) in [7, 11) is 0. The molecule has 1 fully saturated rings. The minimum atomic E-state index is -0.417. The quantitative estimate of drug-likeness (QED) is 0.286. The van der Waals surface area contributed by atoms with Crippen LogP contribution in [0.1, 0.15) is 32.3 Å². The van der Waals surface area contributed by atoms with E-state index in [1.165, 1.54) is 11.8 Å². The molecule has 1 aromatic rings. The highest BCUT2D eigenvalue weighted by atomic mass is 35.5. The molecule has 1 N–H and O–H groups in total. The van der Waals surface area contributed by atoms with Gasteiger partial charge in [0, 0.05) is 10.6 Å². The minimum Gasteiger partial charge on any atom is -0.481 e. The number of benzene rings is 1. The maximum Gasteiger partial charge on any atom is 0.344 e. The second-order valence-electron chi connectivity index (χ2n) is 5.73. The van der Waals surface area contributed by atoms with Crippen LogP contribution in [0.4, 0.5) is 0 Å². The lowest BCUT2D eigenvalue weighted by atomic mass is 10.1. The zero-order chi connectivity index (χ0) is 19.8. The van der Waals surface area contributed by atoms with E-state index in [0.29, 0.717) is 32.2 Å². The first-order valence-electron chi connectivity index (χ1n) is 8.40. The molecule has 0 unspecified atom stereocenters. The van der Waals surface area contributed by atoms with Crippen LogP contribution in [-0.2, 0) is 14.3 Å². The van der Waals surface area contributed by atoms with Crippen LogP contribution in [0.5, 0.6) is 5.75 Å². The number of thiocarbonyl (C=S) groups is 1. The Morgan fingerprint density at radius 1 is 1.41 bits per heavy atom. The summed E-state index contributed by atoms with van der Waals surface area (Å²) in [4.78, 5) is 24.1. The molecule has 0 saturated carbocycles. The summed E-state index contributed by atoms with van der Waals surface area (Å²) < 4.78 is 11.1. The van der Waals surface area contributed by atoms with E-state index in [-0.39, 0.29) is 12.5 Å². The van der Waals surface area contributed by atoms with Crippen molar-refractivity contribution in [1.82, 2.24) is 5.32 Å². The van der Waals surface area contributed by atoms with Gasteiger partial charge in [-0.1, -0.05) is 61.1 Å². The highest BCUT2D eigenvalue weighted by Crippen LogP contribution is 2.29. The van der Waals surface area contributed by atoms with Crippen LogP contribution >= 0.6 is 35.6 Å². The number of esters is 1. The summed E-state index contributed by atoms with van der Waals surface area (Å²) >= 11 is 12.3. The van der Waals surface area contributed by atoms with Gasteiger partial charge in [-0.2, -0.15) is 0 Å². The molecule has 27 heavy (non-hydrogen) atoms. The molecular weight excluding hydrogens is 406 g/mol. The van der Waals surface area contributed by atoms with Crippen molar-refractivity contribution in [3.63, 3.8) is 0 Å². The Morgan fingerprint density at radius 2 is 2.19 bits per heavy atom. The van der Waals surface area contributed by atoms with Gasteiger partial charge >= 0.3 is 5.97 Å². The van der Waals surface area contributed by atoms with Gasteiger partial charge in [0.1, 0.15) is 10.1 Å². The van der Waals surface area contributed by atoms with E-state index in [2.05, 4.69) is 5.32 Å². The molecule has 1 aromatic carbocycles. The van der Waals surface area contributed by atoms with Crippen LogP contribution < -0.4 is 10.1 Å². The number of hydrogen-bond donors (Lipinski definition) is 1. The number of nitrogens with one attached hydrogen (secondary N) is 1. The summed E-state index contributed by atoms with van der Waals surface area (Å²) in [5.74, 6) is -0.122. The predicted molar refractivity (Wildman–Crippen MR) is 113 cm³/mol. The lowest BCUT2D eigenvalue weighted by molar-refractivity contribution is -0.146. The first-order valence-corrected chi connectivity index (χ1v) is 10.0. The van der Waals surface area contributed by atoms with Crippen LogP contribution in [0.15, 0.2) is 34.8 Å². The lowest BCUT2D eigenvalue weighted by Crippen LogP contribution is -2.18. The number of halogens is 1. The van der Waals surface area contributed by atoms with E-state index in [1.54, 1.807) is 30.4 Å². The van der Waals surface area contributed by atoms with E-state index in [0.717, 1.165) is 18.4 Å². The Labute approximate surface area is 173 Å². The van der Waals surface area contributed by atoms with Gasteiger partial charge in [-0.25, -0.2) is 4.79 Å². The third-order valence-electron chi connectivity index (χ3n) is 3.57. The van der Waals surface area contributed by atoms with Crippen LogP contribution in [0.3, 0.4) is 0 Å². The van der Waals surface area contributed by atoms with E-state index < -0.39 is 5.97 Å². The number of thioether (sulfide) groups is 1. The highest BCUT2D eigenvalue weighted by molar-refractivity contribution is 8.26. The zero-order valence-electron chi connectivity index (χ0n) is 15.0. The van der Waals surface area contributed by atoms with Crippen molar-refractivity contribution in [3.8, 4) is 5.75 Å². The third-order valence-corrected chi connectivity index (χ3v) is 5.15. The second kappa shape index (κ2) is 10.5. The second-order valence-corrected chi connectivity index (χ2v) is 7.86. The number of unbranched alkanes of at least 4 members (excludes halogenated alkanes) is 1. The van der Waals surface area contributed by atoms with E-state index in [9.17, 15) is 9.59 Å². The van der Waals surface area contributed by atoms with Gasteiger partial charge < -0.3 is 14.8 Å². The van der Waals surface area contributed by atoms with Crippen LogP contribution in [0, 0.1) is 0 Å². The Bertz CT molecular complexity index is 805. The molecule has 1 amide bonds. The Balaban J connectivity index is 2.09. The third kappa shape index (κ3) is 6.68. The van der Waals surface area contributed by atoms with Crippen molar-refractivity contribution in [2.75, 3.05) is 13.2 Å². The van der Waals surface area contributed by atoms with Crippen molar-refractivity contribution >= 4 is 57.9 Å². The molecule has 1 saturated heterocycles. The van der Waals surface area contributed by atoms with Crippen molar-refractivity contribution in [2.45, 2.75) is 26.7 Å². The van der Waals surface area contributed by atoms with Gasteiger partial charge in [0.15, 0.2) is 6.61 Å². The lowest BCUT2D eigenvalue weighted by Gasteiger charge is -2.10. The summed E-state index contributed by atoms with van der Waals surface area (Å²) in [5.41, 5.74) is 1.46. The van der Waals surface area contributed by atoms with Gasteiger partial charge in [-0.15, -0.1) is 0 Å². The maximum absolute atomic E-state index is 11.8. The topological polar surface area (TPSA) is 64.6 Å². The number of hydrogen-bond acceptors (Lipinski definition) is 6. The van der Waals surface area contributed by atoms with Crippen LogP contribution in [0.2, 0.25) is 5.02 Å². The number of carbonyl (C=O) groups is 2. The monoisotopic (exact) mass is 425 g/mol. The molecule has 1 aliphatic heterocycles. The smallest absolute Gasteiger partial charge is 0.344 e. The Kier molecular flexibility index (Phi) is 8.34. The molecular formula is C19H20ClNO4S2. The average molecular weight is 426 g/mol. The predicted octanol–water partition coefficient (Wildman–Crippen LogP) is 4.50. The van der Waals surface area contributed by atoms with Gasteiger partial charge in [0.2, 0.25) is 0 Å². The number of amides is 1. The molecule has 1 heterocycles. The molecule has 0 bridgehead atoms. The zero-order valence-corrected chi connectivity index (χ0v) is 17.4. The van der Waals surface area contributed by atoms with Crippen molar-refractivity contribution in [3.05, 3.63) is 45.3 Å². The van der Waals surface area contributed by atoms with Gasteiger partial charge in [0.05, 0.1) is 11.5 Å². The van der Waals surface area contributed by atoms with E-state index in [4.69, 9.17) is 33.3 Å². The molecule has 0 aliphatic carbocycles. The molecule has 0 spiro atoms. The van der Waals surface area contributed by atoms with Gasteiger partial charge in [0.25, 0.3) is 5.91 Å². The summed E-state index contributed by atoms with van der Waals surface area (Å²) in [5, 5.41) is 3.12. The summed E-state index contributed by atoms with van der Waals surface area (Å²) in [6.45, 7) is 4.05.